The Bertz CT molecular complexity index is 1790. The Morgan fingerprint density at radius 1 is 1.10 bits per heavy atom. The number of imidazole rings is 1. The van der Waals surface area contributed by atoms with Crippen molar-refractivity contribution in [3.8, 4) is 23.2 Å². The van der Waals surface area contributed by atoms with E-state index in [1.165, 1.54) is 12.1 Å². The summed E-state index contributed by atoms with van der Waals surface area (Å²) in [7, 11) is 0. The molecule has 8 nitrogen and oxygen atoms in total. The fraction of sp³-hybridized carbons (Fsp3) is 0.188. The second-order valence-corrected chi connectivity index (χ2v) is 9.87. The highest BCUT2D eigenvalue weighted by Gasteiger charge is 2.22. The number of fused-ring (bicyclic) bond motifs is 1. The van der Waals surface area contributed by atoms with Gasteiger partial charge in [0.2, 0.25) is 5.88 Å². The summed E-state index contributed by atoms with van der Waals surface area (Å²) in [5.41, 5.74) is 5.01. The number of carboxylic acids is 1. The molecule has 0 radical (unpaired) electrons. The molecular weight excluding hydrogens is 523 g/mol. The number of hydrogen-bond donors (Lipinski definition) is 1. The van der Waals surface area contributed by atoms with Gasteiger partial charge >= 0.3 is 5.97 Å². The molecule has 1 N–H and O–H groups in total. The summed E-state index contributed by atoms with van der Waals surface area (Å²) in [4.78, 5) is 20.9. The summed E-state index contributed by atoms with van der Waals surface area (Å²) in [6.07, 6.45) is 1.62. The van der Waals surface area contributed by atoms with E-state index in [0.717, 1.165) is 41.0 Å². The standard InChI is InChI=1S/C32H25FN4O4/c33-26-14-21(17-34)6-9-24(26)19-41-31-3-1-2-27(36-31)22-7-4-20(5-8-22)15-30-35-28-11-10-23(32(38)39)16-29(28)37(30)18-25-12-13-40-25/h1-11,14,16,25H,12-13,15,18-19H2,(H,38,39). The number of benzene rings is 3. The van der Waals surface area contributed by atoms with Gasteiger partial charge in [-0.2, -0.15) is 5.26 Å². The summed E-state index contributed by atoms with van der Waals surface area (Å²) in [5.74, 6) is -0.259. The van der Waals surface area contributed by atoms with Crippen molar-refractivity contribution in [1.29, 1.82) is 5.26 Å². The minimum Gasteiger partial charge on any atom is -0.478 e. The van der Waals surface area contributed by atoms with E-state index < -0.39 is 11.8 Å². The zero-order chi connectivity index (χ0) is 28.3. The van der Waals surface area contributed by atoms with Crippen LogP contribution in [0.5, 0.6) is 5.88 Å². The first-order valence-corrected chi connectivity index (χ1v) is 13.2. The third-order valence-corrected chi connectivity index (χ3v) is 7.15. The van der Waals surface area contributed by atoms with Gasteiger partial charge in [-0.25, -0.2) is 19.2 Å². The van der Waals surface area contributed by atoms with Gasteiger partial charge in [-0.05, 0) is 48.4 Å². The lowest BCUT2D eigenvalue weighted by atomic mass is 10.1. The molecule has 5 aromatic rings. The normalized spacial score (nSPS) is 14.4. The van der Waals surface area contributed by atoms with E-state index in [9.17, 15) is 14.3 Å². The van der Waals surface area contributed by atoms with E-state index >= 15 is 0 Å². The highest BCUT2D eigenvalue weighted by atomic mass is 19.1. The maximum Gasteiger partial charge on any atom is 0.335 e. The number of aromatic nitrogens is 3. The van der Waals surface area contributed by atoms with Crippen LogP contribution in [-0.2, 0) is 24.3 Å². The average Bonchev–Trinajstić information content (AvgIpc) is 3.30. The van der Waals surface area contributed by atoms with Crippen LogP contribution in [0.2, 0.25) is 0 Å². The maximum absolute atomic E-state index is 14.2. The summed E-state index contributed by atoms with van der Waals surface area (Å²) in [6.45, 7) is 1.35. The lowest BCUT2D eigenvalue weighted by Crippen LogP contribution is -2.31. The zero-order valence-corrected chi connectivity index (χ0v) is 22.0. The number of halogens is 1. The summed E-state index contributed by atoms with van der Waals surface area (Å²) in [6, 6.07) is 24.6. The van der Waals surface area contributed by atoms with Crippen molar-refractivity contribution in [3.63, 3.8) is 0 Å². The molecule has 1 aliphatic heterocycles. The first-order chi connectivity index (χ1) is 20.0. The smallest absolute Gasteiger partial charge is 0.335 e. The molecule has 1 fully saturated rings. The minimum absolute atomic E-state index is 0.00616. The van der Waals surface area contributed by atoms with Gasteiger partial charge in [0, 0.05) is 30.2 Å². The monoisotopic (exact) mass is 548 g/mol. The van der Waals surface area contributed by atoms with Crippen molar-refractivity contribution in [2.24, 2.45) is 0 Å². The fourth-order valence-electron chi connectivity index (χ4n) is 4.79. The molecule has 1 saturated heterocycles. The lowest BCUT2D eigenvalue weighted by molar-refractivity contribution is -0.0589. The fourth-order valence-corrected chi connectivity index (χ4v) is 4.79. The van der Waals surface area contributed by atoms with Crippen LogP contribution in [0.15, 0.2) is 78.9 Å². The highest BCUT2D eigenvalue weighted by Crippen LogP contribution is 2.26. The van der Waals surface area contributed by atoms with Crippen molar-refractivity contribution in [3.05, 3.63) is 113 Å². The molecule has 1 aliphatic rings. The molecule has 3 heterocycles. The molecule has 204 valence electrons. The number of carboxylic acid groups (broad SMARTS) is 1. The van der Waals surface area contributed by atoms with E-state index in [-0.39, 0.29) is 23.8 Å². The third kappa shape index (κ3) is 5.64. The Balaban J connectivity index is 1.19. The highest BCUT2D eigenvalue weighted by molar-refractivity contribution is 5.92. The molecule has 6 rings (SSSR count). The number of aromatic carboxylic acids is 1. The largest absolute Gasteiger partial charge is 0.478 e. The van der Waals surface area contributed by atoms with Crippen LogP contribution in [0.1, 0.15) is 39.3 Å². The van der Waals surface area contributed by atoms with Crippen molar-refractivity contribution in [2.75, 3.05) is 6.61 Å². The lowest BCUT2D eigenvalue weighted by Gasteiger charge is -2.27. The predicted molar refractivity (Wildman–Crippen MR) is 149 cm³/mol. The average molecular weight is 549 g/mol. The van der Waals surface area contributed by atoms with E-state index in [4.69, 9.17) is 19.7 Å². The summed E-state index contributed by atoms with van der Waals surface area (Å²) in [5, 5.41) is 18.4. The second-order valence-electron chi connectivity index (χ2n) is 9.87. The molecule has 9 heteroatoms. The van der Waals surface area contributed by atoms with Crippen LogP contribution in [0.4, 0.5) is 4.39 Å². The zero-order valence-electron chi connectivity index (χ0n) is 22.0. The SMILES string of the molecule is N#Cc1ccc(COc2cccc(-c3ccc(Cc4nc5ccc(C(=O)O)cc5n4CC4CCO4)cc3)n2)c(F)c1. The van der Waals surface area contributed by atoms with E-state index in [2.05, 4.69) is 9.55 Å². The van der Waals surface area contributed by atoms with E-state index in [1.54, 1.807) is 30.3 Å². The van der Waals surface area contributed by atoms with Gasteiger partial charge in [-0.1, -0.05) is 36.4 Å². The number of pyridine rings is 1. The molecule has 1 unspecified atom stereocenters. The molecule has 0 aliphatic carbocycles. The topological polar surface area (TPSA) is 110 Å². The van der Waals surface area contributed by atoms with Crippen molar-refractivity contribution < 1.29 is 23.8 Å². The number of hydrogen-bond acceptors (Lipinski definition) is 6. The molecule has 0 amide bonds. The summed E-state index contributed by atoms with van der Waals surface area (Å²) < 4.78 is 27.7. The van der Waals surface area contributed by atoms with Crippen LogP contribution >= 0.6 is 0 Å². The van der Waals surface area contributed by atoms with E-state index in [0.29, 0.717) is 30.1 Å². The Morgan fingerprint density at radius 3 is 2.63 bits per heavy atom. The quantitative estimate of drug-likeness (QED) is 0.249. The Hall–Kier alpha value is -5.07. The van der Waals surface area contributed by atoms with Crippen molar-refractivity contribution >= 4 is 17.0 Å². The number of carbonyl (C=O) groups is 1. The molecule has 0 saturated carbocycles. The van der Waals surface area contributed by atoms with Gasteiger partial charge in [0.25, 0.3) is 0 Å². The third-order valence-electron chi connectivity index (χ3n) is 7.15. The molecule has 0 spiro atoms. The van der Waals surface area contributed by atoms with Gasteiger partial charge in [0.1, 0.15) is 18.2 Å². The number of nitriles is 1. The van der Waals surface area contributed by atoms with Crippen LogP contribution in [0.25, 0.3) is 22.3 Å². The van der Waals surface area contributed by atoms with Crippen LogP contribution in [0.3, 0.4) is 0 Å². The molecule has 1 atom stereocenters. The number of ether oxygens (including phenoxy) is 2. The molecule has 41 heavy (non-hydrogen) atoms. The first-order valence-electron chi connectivity index (χ1n) is 13.2. The van der Waals surface area contributed by atoms with E-state index in [1.807, 2.05) is 42.5 Å². The molecule has 3 aromatic carbocycles. The van der Waals surface area contributed by atoms with Gasteiger partial charge < -0.3 is 19.1 Å². The van der Waals surface area contributed by atoms with Gasteiger partial charge in [0.05, 0.1) is 46.6 Å². The van der Waals surface area contributed by atoms with Gasteiger partial charge in [-0.3, -0.25) is 0 Å². The molecule has 2 aromatic heterocycles. The molecule has 0 bridgehead atoms. The number of rotatable bonds is 9. The second kappa shape index (κ2) is 11.2. The van der Waals surface area contributed by atoms with Crippen LogP contribution in [0, 0.1) is 17.1 Å². The van der Waals surface area contributed by atoms with Crippen molar-refractivity contribution in [2.45, 2.75) is 32.1 Å². The maximum atomic E-state index is 14.2. The Labute approximate surface area is 235 Å². The number of nitrogens with zero attached hydrogens (tertiary/aromatic N) is 4. The van der Waals surface area contributed by atoms with Crippen LogP contribution < -0.4 is 4.74 Å². The summed E-state index contributed by atoms with van der Waals surface area (Å²) >= 11 is 0. The van der Waals surface area contributed by atoms with Crippen LogP contribution in [-0.4, -0.2) is 38.3 Å². The Morgan fingerprint density at radius 2 is 1.93 bits per heavy atom. The predicted octanol–water partition coefficient (Wildman–Crippen LogP) is 5.77. The van der Waals surface area contributed by atoms with Crippen molar-refractivity contribution in [1.82, 2.24) is 14.5 Å². The molecular formula is C32H25FN4O4. The van der Waals surface area contributed by atoms with Gasteiger partial charge in [0.15, 0.2) is 0 Å². The van der Waals surface area contributed by atoms with Gasteiger partial charge in [-0.15, -0.1) is 0 Å². The minimum atomic E-state index is -0.971. The first kappa shape index (κ1) is 26.2. The Kier molecular flexibility index (Phi) is 7.15.